The normalized spacial score (nSPS) is 10.7. The number of nitrogens with zero attached hydrogens (tertiary/aromatic N) is 3. The van der Waals surface area contributed by atoms with Gasteiger partial charge in [0.05, 0.1) is 6.61 Å². The van der Waals surface area contributed by atoms with Gasteiger partial charge in [0.2, 0.25) is 5.13 Å². The average molecular weight is 419 g/mol. The Labute approximate surface area is 179 Å². The number of benzene rings is 2. The second-order valence-corrected chi connectivity index (χ2v) is 7.75. The molecule has 0 unspecified atom stereocenters. The number of carbonyl (C=O) groups is 1. The molecule has 0 fully saturated rings. The molecular formula is C23H22N4O2S. The Morgan fingerprint density at radius 3 is 2.47 bits per heavy atom. The van der Waals surface area contributed by atoms with E-state index in [9.17, 15) is 4.79 Å². The van der Waals surface area contributed by atoms with Crippen LogP contribution < -0.4 is 10.1 Å². The number of aryl methyl sites for hydroxylation is 1. The summed E-state index contributed by atoms with van der Waals surface area (Å²) in [6.07, 6.45) is 5.56. The Morgan fingerprint density at radius 1 is 1.03 bits per heavy atom. The van der Waals surface area contributed by atoms with Crippen molar-refractivity contribution in [3.63, 3.8) is 0 Å². The minimum atomic E-state index is -0.205. The van der Waals surface area contributed by atoms with E-state index < -0.39 is 0 Å². The molecule has 4 rings (SSSR count). The molecule has 2 heterocycles. The first-order valence-corrected chi connectivity index (χ1v) is 10.6. The maximum Gasteiger partial charge on any atom is 0.257 e. The summed E-state index contributed by atoms with van der Waals surface area (Å²) in [5, 5.41) is 12.3. The molecule has 0 atom stereocenters. The van der Waals surface area contributed by atoms with Crippen LogP contribution in [-0.4, -0.2) is 27.3 Å². The summed E-state index contributed by atoms with van der Waals surface area (Å²) in [4.78, 5) is 12.5. The van der Waals surface area contributed by atoms with E-state index in [1.807, 2.05) is 53.4 Å². The number of anilines is 1. The number of hydrogen-bond donors (Lipinski definition) is 1. The largest absolute Gasteiger partial charge is 0.493 e. The number of aromatic nitrogens is 3. The Hall–Kier alpha value is -3.45. The van der Waals surface area contributed by atoms with Crippen LogP contribution in [-0.2, 0) is 12.8 Å². The first kappa shape index (κ1) is 19.8. The van der Waals surface area contributed by atoms with E-state index in [0.717, 1.165) is 22.9 Å². The van der Waals surface area contributed by atoms with Crippen LogP contribution in [0.15, 0.2) is 73.1 Å². The highest BCUT2D eigenvalue weighted by atomic mass is 32.1. The summed E-state index contributed by atoms with van der Waals surface area (Å²) in [6, 6.07) is 19.4. The number of ether oxygens (including phenoxy) is 1. The van der Waals surface area contributed by atoms with Crippen LogP contribution in [0.25, 0.3) is 5.69 Å². The molecule has 6 nitrogen and oxygen atoms in total. The van der Waals surface area contributed by atoms with E-state index in [1.54, 1.807) is 12.1 Å². The maximum atomic E-state index is 12.5. The van der Waals surface area contributed by atoms with Gasteiger partial charge >= 0.3 is 0 Å². The van der Waals surface area contributed by atoms with Gasteiger partial charge in [-0.3, -0.25) is 10.1 Å². The van der Waals surface area contributed by atoms with Crippen molar-refractivity contribution >= 4 is 22.4 Å². The van der Waals surface area contributed by atoms with Gasteiger partial charge < -0.3 is 9.30 Å². The molecule has 0 saturated carbocycles. The van der Waals surface area contributed by atoms with Crippen molar-refractivity contribution in [2.75, 3.05) is 11.9 Å². The third-order valence-electron chi connectivity index (χ3n) is 4.64. The number of amides is 1. The molecule has 0 bridgehead atoms. The first-order chi connectivity index (χ1) is 14.7. The highest BCUT2D eigenvalue weighted by Crippen LogP contribution is 2.19. The number of carbonyl (C=O) groups excluding carboxylic acids is 1. The summed E-state index contributed by atoms with van der Waals surface area (Å²) in [5.74, 6) is 0.637. The van der Waals surface area contributed by atoms with Gasteiger partial charge in [0.1, 0.15) is 10.8 Å². The Balaban J connectivity index is 1.28. The molecule has 0 aliphatic heterocycles. The van der Waals surface area contributed by atoms with Gasteiger partial charge in [-0.2, -0.15) is 0 Å². The topological polar surface area (TPSA) is 69.0 Å². The molecule has 0 aliphatic rings. The summed E-state index contributed by atoms with van der Waals surface area (Å²) in [6.45, 7) is 2.63. The molecule has 1 amide bonds. The van der Waals surface area contributed by atoms with Crippen LogP contribution >= 0.6 is 11.3 Å². The van der Waals surface area contributed by atoms with Crippen molar-refractivity contribution in [3.8, 4) is 11.4 Å². The van der Waals surface area contributed by atoms with E-state index >= 15 is 0 Å². The van der Waals surface area contributed by atoms with Gasteiger partial charge in [-0.15, -0.1) is 10.2 Å². The standard InChI is InChI=1S/C23H22N4O2S/c1-2-17-5-11-20(12-6-17)29-16-13-21-25-26-23(30-21)24-22(28)18-7-9-19(10-8-18)27-14-3-4-15-27/h3-12,14-15H,2,13,16H2,1H3,(H,24,26,28). The highest BCUT2D eigenvalue weighted by molar-refractivity contribution is 7.15. The fourth-order valence-corrected chi connectivity index (χ4v) is 3.66. The van der Waals surface area contributed by atoms with Crippen LogP contribution in [0, 0.1) is 0 Å². The predicted octanol–water partition coefficient (Wildman–Crippen LogP) is 4.77. The van der Waals surface area contributed by atoms with Crippen molar-refractivity contribution in [3.05, 3.63) is 89.2 Å². The number of rotatable bonds is 8. The van der Waals surface area contributed by atoms with Gasteiger partial charge in [-0.25, -0.2) is 0 Å². The second-order valence-electron chi connectivity index (χ2n) is 6.69. The lowest BCUT2D eigenvalue weighted by molar-refractivity contribution is 0.102. The highest BCUT2D eigenvalue weighted by Gasteiger charge is 2.11. The molecular weight excluding hydrogens is 396 g/mol. The monoisotopic (exact) mass is 418 g/mol. The summed E-state index contributed by atoms with van der Waals surface area (Å²) >= 11 is 1.36. The summed E-state index contributed by atoms with van der Waals surface area (Å²) < 4.78 is 7.75. The Kier molecular flexibility index (Phi) is 6.20. The molecule has 0 aliphatic carbocycles. The van der Waals surface area contributed by atoms with E-state index in [2.05, 4.69) is 34.6 Å². The zero-order chi connectivity index (χ0) is 20.8. The van der Waals surface area contributed by atoms with Crippen molar-refractivity contribution in [2.24, 2.45) is 0 Å². The maximum absolute atomic E-state index is 12.5. The van der Waals surface area contributed by atoms with Crippen LogP contribution in [0.3, 0.4) is 0 Å². The molecule has 0 saturated heterocycles. The van der Waals surface area contributed by atoms with E-state index in [1.165, 1.54) is 16.9 Å². The van der Waals surface area contributed by atoms with E-state index in [4.69, 9.17) is 4.74 Å². The lowest BCUT2D eigenvalue weighted by Gasteiger charge is -2.05. The third-order valence-corrected chi connectivity index (χ3v) is 5.53. The molecule has 4 aromatic rings. The lowest BCUT2D eigenvalue weighted by Crippen LogP contribution is -2.11. The molecule has 1 N–H and O–H groups in total. The van der Waals surface area contributed by atoms with Crippen LogP contribution in [0.1, 0.15) is 27.9 Å². The average Bonchev–Trinajstić information content (AvgIpc) is 3.47. The molecule has 2 aromatic carbocycles. The van der Waals surface area contributed by atoms with Crippen molar-refractivity contribution < 1.29 is 9.53 Å². The SMILES string of the molecule is CCc1ccc(OCCc2nnc(NC(=O)c3ccc(-n4cccc4)cc3)s2)cc1. The quantitative estimate of drug-likeness (QED) is 0.448. The number of hydrogen-bond acceptors (Lipinski definition) is 5. The molecule has 7 heteroatoms. The van der Waals surface area contributed by atoms with Crippen molar-refractivity contribution in [1.82, 2.24) is 14.8 Å². The van der Waals surface area contributed by atoms with Gasteiger partial charge in [0, 0.05) is 30.1 Å². The molecule has 152 valence electrons. The molecule has 30 heavy (non-hydrogen) atoms. The fourth-order valence-electron chi connectivity index (χ4n) is 2.94. The first-order valence-electron chi connectivity index (χ1n) is 9.80. The van der Waals surface area contributed by atoms with E-state index in [-0.39, 0.29) is 5.91 Å². The van der Waals surface area contributed by atoms with Gasteiger partial charge in [-0.05, 0) is 60.5 Å². The van der Waals surface area contributed by atoms with Gasteiger partial charge in [-0.1, -0.05) is 30.4 Å². The van der Waals surface area contributed by atoms with Crippen molar-refractivity contribution in [1.29, 1.82) is 0 Å². The smallest absolute Gasteiger partial charge is 0.257 e. The van der Waals surface area contributed by atoms with Crippen LogP contribution in [0.5, 0.6) is 5.75 Å². The fraction of sp³-hybridized carbons (Fsp3) is 0.174. The zero-order valence-electron chi connectivity index (χ0n) is 16.6. The third kappa shape index (κ3) is 4.93. The molecule has 0 radical (unpaired) electrons. The molecule has 0 spiro atoms. The van der Waals surface area contributed by atoms with Crippen molar-refractivity contribution in [2.45, 2.75) is 19.8 Å². The minimum absolute atomic E-state index is 0.205. The number of nitrogens with one attached hydrogen (secondary N) is 1. The minimum Gasteiger partial charge on any atom is -0.493 e. The molecule has 2 aromatic heterocycles. The zero-order valence-corrected chi connectivity index (χ0v) is 17.4. The Bertz CT molecular complexity index is 1090. The van der Waals surface area contributed by atoms with Gasteiger partial charge in [0.25, 0.3) is 5.91 Å². The lowest BCUT2D eigenvalue weighted by atomic mass is 10.2. The Morgan fingerprint density at radius 2 is 1.77 bits per heavy atom. The predicted molar refractivity (Wildman–Crippen MR) is 119 cm³/mol. The summed E-state index contributed by atoms with van der Waals surface area (Å²) in [7, 11) is 0. The van der Waals surface area contributed by atoms with Crippen LogP contribution in [0.4, 0.5) is 5.13 Å². The summed E-state index contributed by atoms with van der Waals surface area (Å²) in [5.41, 5.74) is 2.85. The van der Waals surface area contributed by atoms with Crippen LogP contribution in [0.2, 0.25) is 0 Å². The van der Waals surface area contributed by atoms with Gasteiger partial charge in [0.15, 0.2) is 0 Å². The van der Waals surface area contributed by atoms with E-state index in [0.29, 0.717) is 23.7 Å². The second kappa shape index (κ2) is 9.37.